The Bertz CT molecular complexity index is 1490. The van der Waals surface area contributed by atoms with Crippen molar-refractivity contribution in [2.45, 2.75) is 44.3 Å². The standard InChI is InChI=1S/C31H34ClN7O/c1-37-14-4-7-23(37)20-40-31-25(17-34)26-19-38(28-9-3-6-21-5-2-8-27(32)29(21)28)15-11-24(26)30(36-31)39-16-13-35-22(18-39)10-12-33/h2-3,5-6,8-9,22-23,35H,4,7,10-11,13-16,18-20H2,1H3. The van der Waals surface area contributed by atoms with Crippen LogP contribution < -0.4 is 19.9 Å². The summed E-state index contributed by atoms with van der Waals surface area (Å²) >= 11 is 6.70. The predicted molar refractivity (Wildman–Crippen MR) is 158 cm³/mol. The van der Waals surface area contributed by atoms with Gasteiger partial charge < -0.3 is 24.8 Å². The first kappa shape index (κ1) is 26.7. The van der Waals surface area contributed by atoms with Crippen LogP contribution in [0.3, 0.4) is 0 Å². The molecular formula is C31H34ClN7O. The maximum atomic E-state index is 10.4. The number of halogens is 1. The summed E-state index contributed by atoms with van der Waals surface area (Å²) in [7, 11) is 2.13. The van der Waals surface area contributed by atoms with E-state index in [2.05, 4.69) is 63.5 Å². The summed E-state index contributed by atoms with van der Waals surface area (Å²) in [5.74, 6) is 1.31. The Kier molecular flexibility index (Phi) is 7.67. The quantitative estimate of drug-likeness (QED) is 0.476. The fourth-order valence-electron chi connectivity index (χ4n) is 6.44. The molecule has 0 aliphatic carbocycles. The Labute approximate surface area is 240 Å². The largest absolute Gasteiger partial charge is 0.475 e. The number of nitrogens with one attached hydrogen (secondary N) is 1. The first-order chi connectivity index (χ1) is 19.6. The molecule has 3 aromatic rings. The van der Waals surface area contributed by atoms with E-state index in [1.165, 1.54) is 0 Å². The SMILES string of the molecule is CN1CCCC1COc1nc(N2CCNC(CC#N)C2)c2c(c1C#N)CN(c1cccc3cccc(Cl)c13)CC2. The molecule has 40 heavy (non-hydrogen) atoms. The molecule has 0 spiro atoms. The van der Waals surface area contributed by atoms with Gasteiger partial charge in [0.1, 0.15) is 24.1 Å². The van der Waals surface area contributed by atoms with Crippen LogP contribution in [0.2, 0.25) is 5.02 Å². The number of nitriles is 2. The second-order valence-corrected chi connectivity index (χ2v) is 11.4. The number of nitrogens with zero attached hydrogens (tertiary/aromatic N) is 6. The molecule has 0 amide bonds. The van der Waals surface area contributed by atoms with E-state index in [0.29, 0.717) is 43.6 Å². The molecular weight excluding hydrogens is 522 g/mol. The minimum absolute atomic E-state index is 0.0845. The van der Waals surface area contributed by atoms with Crippen LogP contribution in [0.15, 0.2) is 36.4 Å². The Morgan fingerprint density at radius 3 is 2.73 bits per heavy atom. The maximum absolute atomic E-state index is 10.4. The lowest BCUT2D eigenvalue weighted by Gasteiger charge is -2.38. The van der Waals surface area contributed by atoms with Gasteiger partial charge in [-0.25, -0.2) is 0 Å². The number of likely N-dealkylation sites (N-methyl/N-ethyl adjacent to an activating group) is 1. The van der Waals surface area contributed by atoms with Crippen LogP contribution in [0.4, 0.5) is 11.5 Å². The van der Waals surface area contributed by atoms with Crippen LogP contribution in [-0.4, -0.2) is 68.3 Å². The number of benzene rings is 2. The number of anilines is 2. The zero-order valence-corrected chi connectivity index (χ0v) is 23.6. The molecule has 1 N–H and O–H groups in total. The summed E-state index contributed by atoms with van der Waals surface area (Å²) in [4.78, 5) is 12.0. The number of piperazine rings is 1. The van der Waals surface area contributed by atoms with Crippen LogP contribution in [0.5, 0.6) is 5.88 Å². The third kappa shape index (κ3) is 5.04. The van der Waals surface area contributed by atoms with Crippen molar-refractivity contribution < 1.29 is 4.74 Å². The van der Waals surface area contributed by atoms with Gasteiger partial charge in [-0.1, -0.05) is 35.9 Å². The van der Waals surface area contributed by atoms with Crippen LogP contribution in [0.1, 0.15) is 36.0 Å². The minimum atomic E-state index is 0.0845. The normalized spacial score (nSPS) is 21.2. The maximum Gasteiger partial charge on any atom is 0.234 e. The fourth-order valence-corrected chi connectivity index (χ4v) is 6.72. The Balaban J connectivity index is 1.41. The Morgan fingerprint density at radius 1 is 1.10 bits per heavy atom. The molecule has 6 rings (SSSR count). The molecule has 8 nitrogen and oxygen atoms in total. The smallest absolute Gasteiger partial charge is 0.234 e. The van der Waals surface area contributed by atoms with E-state index in [0.717, 1.165) is 83.9 Å². The molecule has 3 aliphatic rings. The zero-order chi connectivity index (χ0) is 27.6. The highest BCUT2D eigenvalue weighted by Gasteiger charge is 2.32. The second-order valence-electron chi connectivity index (χ2n) is 11.0. The van der Waals surface area contributed by atoms with Gasteiger partial charge in [0.05, 0.1) is 17.5 Å². The van der Waals surface area contributed by atoms with Crippen molar-refractivity contribution in [3.8, 4) is 18.0 Å². The monoisotopic (exact) mass is 555 g/mol. The van der Waals surface area contributed by atoms with Gasteiger partial charge in [0, 0.05) is 67.0 Å². The van der Waals surface area contributed by atoms with E-state index in [9.17, 15) is 10.5 Å². The summed E-state index contributed by atoms with van der Waals surface area (Å²) in [5, 5.41) is 26.0. The minimum Gasteiger partial charge on any atom is -0.475 e. The van der Waals surface area contributed by atoms with E-state index in [1.54, 1.807) is 0 Å². The predicted octanol–water partition coefficient (Wildman–Crippen LogP) is 4.49. The fraction of sp³-hybridized carbons (Fsp3) is 0.452. The molecule has 2 saturated heterocycles. The molecule has 2 atom stereocenters. The highest BCUT2D eigenvalue weighted by atomic mass is 35.5. The topological polar surface area (TPSA) is 91.5 Å². The molecule has 1 aromatic heterocycles. The number of hydrogen-bond donors (Lipinski definition) is 1. The first-order valence-electron chi connectivity index (χ1n) is 14.1. The van der Waals surface area contributed by atoms with Crippen molar-refractivity contribution in [1.82, 2.24) is 15.2 Å². The molecule has 2 aromatic carbocycles. The number of aromatic nitrogens is 1. The van der Waals surface area contributed by atoms with Crippen molar-refractivity contribution in [3.05, 3.63) is 58.1 Å². The van der Waals surface area contributed by atoms with E-state index < -0.39 is 0 Å². The molecule has 0 radical (unpaired) electrons. The van der Waals surface area contributed by atoms with Crippen molar-refractivity contribution in [2.24, 2.45) is 0 Å². The van der Waals surface area contributed by atoms with Crippen LogP contribution in [0, 0.1) is 22.7 Å². The van der Waals surface area contributed by atoms with Crippen molar-refractivity contribution in [2.75, 3.05) is 56.2 Å². The molecule has 2 unspecified atom stereocenters. The molecule has 9 heteroatoms. The van der Waals surface area contributed by atoms with Gasteiger partial charge in [-0.05, 0) is 50.4 Å². The summed E-state index contributed by atoms with van der Waals surface area (Å²) in [6.07, 6.45) is 3.44. The van der Waals surface area contributed by atoms with E-state index in [1.807, 2.05) is 12.1 Å². The van der Waals surface area contributed by atoms with Gasteiger partial charge in [-0.2, -0.15) is 15.5 Å². The lowest BCUT2D eigenvalue weighted by Crippen LogP contribution is -2.51. The molecule has 0 bridgehead atoms. The Hall–Kier alpha value is -3.56. The summed E-state index contributed by atoms with van der Waals surface area (Å²) < 4.78 is 6.38. The molecule has 3 aliphatic heterocycles. The molecule has 2 fully saturated rings. The second kappa shape index (κ2) is 11.5. The highest BCUT2D eigenvalue weighted by molar-refractivity contribution is 6.36. The average Bonchev–Trinajstić information content (AvgIpc) is 3.39. The van der Waals surface area contributed by atoms with Crippen molar-refractivity contribution in [3.63, 3.8) is 0 Å². The number of hydrogen-bond acceptors (Lipinski definition) is 8. The molecule has 4 heterocycles. The lowest BCUT2D eigenvalue weighted by atomic mass is 9.94. The van der Waals surface area contributed by atoms with Gasteiger partial charge in [0.15, 0.2) is 0 Å². The number of rotatable bonds is 6. The van der Waals surface area contributed by atoms with Gasteiger partial charge in [0.25, 0.3) is 0 Å². The van der Waals surface area contributed by atoms with Crippen molar-refractivity contribution >= 4 is 33.9 Å². The van der Waals surface area contributed by atoms with Gasteiger partial charge in [0.2, 0.25) is 5.88 Å². The summed E-state index contributed by atoms with van der Waals surface area (Å²) in [6.45, 7) is 5.21. The highest BCUT2D eigenvalue weighted by Crippen LogP contribution is 2.40. The number of ether oxygens (including phenoxy) is 1. The van der Waals surface area contributed by atoms with E-state index >= 15 is 0 Å². The van der Waals surface area contributed by atoms with E-state index in [-0.39, 0.29) is 6.04 Å². The van der Waals surface area contributed by atoms with Crippen LogP contribution >= 0.6 is 11.6 Å². The number of fused-ring (bicyclic) bond motifs is 2. The first-order valence-corrected chi connectivity index (χ1v) is 14.5. The van der Waals surface area contributed by atoms with Crippen molar-refractivity contribution in [1.29, 1.82) is 10.5 Å². The third-order valence-corrected chi connectivity index (χ3v) is 8.91. The third-order valence-electron chi connectivity index (χ3n) is 8.60. The van der Waals surface area contributed by atoms with Gasteiger partial charge in [-0.3, -0.25) is 0 Å². The lowest BCUT2D eigenvalue weighted by molar-refractivity contribution is 0.192. The molecule has 0 saturated carbocycles. The average molecular weight is 556 g/mol. The van der Waals surface area contributed by atoms with Gasteiger partial charge >= 0.3 is 0 Å². The van der Waals surface area contributed by atoms with Crippen LogP contribution in [-0.2, 0) is 13.0 Å². The van der Waals surface area contributed by atoms with Gasteiger partial charge in [-0.15, -0.1) is 0 Å². The summed E-state index contributed by atoms with van der Waals surface area (Å²) in [5.41, 5.74) is 3.69. The Morgan fingerprint density at radius 2 is 1.95 bits per heavy atom. The van der Waals surface area contributed by atoms with Crippen LogP contribution in [0.25, 0.3) is 10.8 Å². The van der Waals surface area contributed by atoms with E-state index in [4.69, 9.17) is 21.3 Å². The molecule has 206 valence electrons. The number of pyridine rings is 1. The number of likely N-dealkylation sites (tertiary alicyclic amines) is 1. The zero-order valence-electron chi connectivity index (χ0n) is 22.9. The summed E-state index contributed by atoms with van der Waals surface area (Å²) in [6, 6.07) is 17.4.